The van der Waals surface area contributed by atoms with Gasteiger partial charge >= 0.3 is 0 Å². The number of nitrogen functional groups attached to an aromatic ring is 1. The monoisotopic (exact) mass is 247 g/mol. The molecule has 0 aliphatic heterocycles. The Morgan fingerprint density at radius 1 is 1.33 bits per heavy atom. The lowest BCUT2D eigenvalue weighted by Crippen LogP contribution is -2.07. The lowest BCUT2D eigenvalue weighted by atomic mass is 10.3. The number of aryl methyl sites for hydroxylation is 1. The van der Waals surface area contributed by atoms with Gasteiger partial charge < -0.3 is 15.2 Å². The Kier molecular flexibility index (Phi) is 3.72. The molecule has 0 aliphatic rings. The van der Waals surface area contributed by atoms with Gasteiger partial charge in [0.15, 0.2) is 0 Å². The van der Waals surface area contributed by atoms with E-state index in [2.05, 4.69) is 5.10 Å². The van der Waals surface area contributed by atoms with Crippen molar-refractivity contribution in [2.75, 3.05) is 12.8 Å². The maximum Gasteiger partial charge on any atom is 0.132 e. The fourth-order valence-corrected chi connectivity index (χ4v) is 1.70. The molecule has 2 aromatic rings. The van der Waals surface area contributed by atoms with Gasteiger partial charge in [0.1, 0.15) is 18.1 Å². The molecule has 1 aromatic carbocycles. The molecule has 0 unspecified atom stereocenters. The lowest BCUT2D eigenvalue weighted by Gasteiger charge is -2.09. The van der Waals surface area contributed by atoms with Crippen LogP contribution in [0.15, 0.2) is 30.5 Å². The predicted molar refractivity (Wildman–Crippen MR) is 69.6 cm³/mol. The van der Waals surface area contributed by atoms with Crippen LogP contribution < -0.4 is 15.2 Å². The van der Waals surface area contributed by atoms with Gasteiger partial charge in [-0.1, -0.05) is 6.07 Å². The van der Waals surface area contributed by atoms with E-state index < -0.39 is 0 Å². The molecule has 5 heteroatoms. The van der Waals surface area contributed by atoms with E-state index in [9.17, 15) is 0 Å². The minimum atomic E-state index is 0.396. The summed E-state index contributed by atoms with van der Waals surface area (Å²) < 4.78 is 12.7. The Labute approximate surface area is 106 Å². The highest BCUT2D eigenvalue weighted by Gasteiger charge is 2.08. The number of benzene rings is 1. The molecule has 2 rings (SSSR count). The zero-order chi connectivity index (χ0) is 13.0. The summed E-state index contributed by atoms with van der Waals surface area (Å²) in [6.07, 6.45) is 1.65. The first kappa shape index (κ1) is 12.3. The fourth-order valence-electron chi connectivity index (χ4n) is 1.70. The summed E-state index contributed by atoms with van der Waals surface area (Å²) in [4.78, 5) is 0. The lowest BCUT2D eigenvalue weighted by molar-refractivity contribution is 0.291. The smallest absolute Gasteiger partial charge is 0.132 e. The summed E-state index contributed by atoms with van der Waals surface area (Å²) in [7, 11) is 1.63. The average Bonchev–Trinajstić information content (AvgIpc) is 2.77. The molecule has 0 fully saturated rings. The van der Waals surface area contributed by atoms with E-state index in [1.807, 2.05) is 35.9 Å². The van der Waals surface area contributed by atoms with E-state index in [1.165, 1.54) is 0 Å². The molecule has 1 heterocycles. The zero-order valence-corrected chi connectivity index (χ0v) is 10.6. The number of aromatic nitrogens is 2. The van der Waals surface area contributed by atoms with Crippen molar-refractivity contribution in [3.63, 3.8) is 0 Å². The van der Waals surface area contributed by atoms with E-state index in [-0.39, 0.29) is 0 Å². The molecule has 0 atom stereocenters. The third-order valence-electron chi connectivity index (χ3n) is 2.70. The summed E-state index contributed by atoms with van der Waals surface area (Å²) in [6.45, 7) is 3.18. The minimum absolute atomic E-state index is 0.396. The van der Waals surface area contributed by atoms with Crippen molar-refractivity contribution >= 4 is 5.69 Å². The normalized spacial score (nSPS) is 10.3. The van der Waals surface area contributed by atoms with Gasteiger partial charge in [-0.2, -0.15) is 5.10 Å². The van der Waals surface area contributed by atoms with Gasteiger partial charge in [0.2, 0.25) is 0 Å². The first-order valence-corrected chi connectivity index (χ1v) is 5.81. The fraction of sp³-hybridized carbons (Fsp3) is 0.308. The van der Waals surface area contributed by atoms with Crippen molar-refractivity contribution in [3.05, 3.63) is 36.2 Å². The second-order valence-electron chi connectivity index (χ2n) is 3.83. The Hall–Kier alpha value is -2.17. The van der Waals surface area contributed by atoms with Crippen LogP contribution in [0.25, 0.3) is 0 Å². The standard InChI is InChI=1S/C13H17N3O2/c1-3-16-13(12(14)8-15-16)9-18-11-6-4-5-10(7-11)17-2/h4-8H,3,9,14H2,1-2H3. The zero-order valence-electron chi connectivity index (χ0n) is 10.6. The molecule has 0 saturated carbocycles. The quantitative estimate of drug-likeness (QED) is 0.878. The van der Waals surface area contributed by atoms with Crippen LogP contribution in [0.4, 0.5) is 5.69 Å². The van der Waals surface area contributed by atoms with Crippen LogP contribution >= 0.6 is 0 Å². The van der Waals surface area contributed by atoms with E-state index >= 15 is 0 Å². The highest BCUT2D eigenvalue weighted by atomic mass is 16.5. The van der Waals surface area contributed by atoms with Crippen LogP contribution in [-0.2, 0) is 13.2 Å². The third kappa shape index (κ3) is 2.56. The first-order valence-electron chi connectivity index (χ1n) is 5.81. The average molecular weight is 247 g/mol. The number of anilines is 1. The highest BCUT2D eigenvalue weighted by molar-refractivity contribution is 5.41. The molecular formula is C13H17N3O2. The van der Waals surface area contributed by atoms with E-state index in [0.29, 0.717) is 12.3 Å². The van der Waals surface area contributed by atoms with Crippen LogP contribution in [0.3, 0.4) is 0 Å². The number of methoxy groups -OCH3 is 1. The number of nitrogens with two attached hydrogens (primary N) is 1. The van der Waals surface area contributed by atoms with Gasteiger partial charge in [-0.3, -0.25) is 4.68 Å². The van der Waals surface area contributed by atoms with Crippen molar-refractivity contribution in [1.82, 2.24) is 9.78 Å². The Bertz CT molecular complexity index is 523. The van der Waals surface area contributed by atoms with E-state index in [0.717, 1.165) is 23.7 Å². The molecule has 0 radical (unpaired) electrons. The number of hydrogen-bond acceptors (Lipinski definition) is 4. The van der Waals surface area contributed by atoms with Crippen molar-refractivity contribution < 1.29 is 9.47 Å². The molecule has 2 N–H and O–H groups in total. The Morgan fingerprint density at radius 3 is 2.83 bits per heavy atom. The SMILES string of the molecule is CCn1ncc(N)c1COc1cccc(OC)c1. The molecule has 0 aliphatic carbocycles. The first-order chi connectivity index (χ1) is 8.74. The minimum Gasteiger partial charge on any atom is -0.497 e. The van der Waals surface area contributed by atoms with Crippen LogP contribution in [0, 0.1) is 0 Å². The summed E-state index contributed by atoms with van der Waals surface area (Å²) in [5.74, 6) is 1.52. The Morgan fingerprint density at radius 2 is 2.11 bits per heavy atom. The molecule has 18 heavy (non-hydrogen) atoms. The van der Waals surface area contributed by atoms with Crippen molar-refractivity contribution in [1.29, 1.82) is 0 Å². The predicted octanol–water partition coefficient (Wildman–Crippen LogP) is 2.07. The molecule has 0 amide bonds. The summed E-state index contributed by atoms with van der Waals surface area (Å²) in [5, 5.41) is 4.17. The largest absolute Gasteiger partial charge is 0.497 e. The molecule has 5 nitrogen and oxygen atoms in total. The molecular weight excluding hydrogens is 230 g/mol. The number of hydrogen-bond donors (Lipinski definition) is 1. The van der Waals surface area contributed by atoms with Crippen LogP contribution in [0.1, 0.15) is 12.6 Å². The van der Waals surface area contributed by atoms with Gasteiger partial charge in [-0.05, 0) is 19.1 Å². The van der Waals surface area contributed by atoms with Gasteiger partial charge in [0.05, 0.1) is 24.7 Å². The highest BCUT2D eigenvalue weighted by Crippen LogP contribution is 2.21. The Balaban J connectivity index is 2.08. The van der Waals surface area contributed by atoms with Crippen LogP contribution in [0.5, 0.6) is 11.5 Å². The third-order valence-corrected chi connectivity index (χ3v) is 2.70. The van der Waals surface area contributed by atoms with Gasteiger partial charge in [0, 0.05) is 12.6 Å². The summed E-state index contributed by atoms with van der Waals surface area (Å²) in [5.41, 5.74) is 7.39. The maximum absolute atomic E-state index is 5.85. The molecule has 1 aromatic heterocycles. The van der Waals surface area contributed by atoms with Crippen LogP contribution in [-0.4, -0.2) is 16.9 Å². The van der Waals surface area contributed by atoms with E-state index in [1.54, 1.807) is 13.3 Å². The van der Waals surface area contributed by atoms with E-state index in [4.69, 9.17) is 15.2 Å². The van der Waals surface area contributed by atoms with Crippen molar-refractivity contribution in [3.8, 4) is 11.5 Å². The molecule has 0 saturated heterocycles. The molecule has 0 spiro atoms. The van der Waals surface area contributed by atoms with Gasteiger partial charge in [0.25, 0.3) is 0 Å². The van der Waals surface area contributed by atoms with Crippen molar-refractivity contribution in [2.24, 2.45) is 0 Å². The second-order valence-corrected chi connectivity index (χ2v) is 3.83. The summed E-state index contributed by atoms with van der Waals surface area (Å²) in [6, 6.07) is 7.47. The van der Waals surface area contributed by atoms with Crippen molar-refractivity contribution in [2.45, 2.75) is 20.1 Å². The number of ether oxygens (including phenoxy) is 2. The molecule has 0 bridgehead atoms. The van der Waals surface area contributed by atoms with Gasteiger partial charge in [-0.25, -0.2) is 0 Å². The second kappa shape index (κ2) is 5.44. The number of nitrogens with zero attached hydrogens (tertiary/aromatic N) is 2. The maximum atomic E-state index is 5.85. The number of rotatable bonds is 5. The van der Waals surface area contributed by atoms with Gasteiger partial charge in [-0.15, -0.1) is 0 Å². The molecule has 96 valence electrons. The summed E-state index contributed by atoms with van der Waals surface area (Å²) >= 11 is 0. The van der Waals surface area contributed by atoms with Crippen LogP contribution in [0.2, 0.25) is 0 Å². The topological polar surface area (TPSA) is 62.3 Å².